The summed E-state index contributed by atoms with van der Waals surface area (Å²) in [6, 6.07) is 0.669. The summed E-state index contributed by atoms with van der Waals surface area (Å²) in [7, 11) is -4.91. The van der Waals surface area contributed by atoms with Gasteiger partial charge in [0.15, 0.2) is 8.67 Å². The maximum absolute atomic E-state index is 10.3. The minimum atomic E-state index is -3.61. The monoisotopic (exact) mass is 220 g/mol. The SMILES string of the molecule is CC(C)(C)CC[SiH2]S(=O)(=O)O.[H-].[Na+]. The summed E-state index contributed by atoms with van der Waals surface area (Å²) in [5, 5.41) is 0. The molecule has 0 heterocycles. The van der Waals surface area contributed by atoms with Crippen molar-refractivity contribution in [1.82, 2.24) is 0 Å². The molecule has 0 aromatic rings. The van der Waals surface area contributed by atoms with Gasteiger partial charge in [0.2, 0.25) is 9.57 Å². The molecule has 0 saturated carbocycles. The van der Waals surface area contributed by atoms with E-state index in [1.165, 1.54) is 0 Å². The van der Waals surface area contributed by atoms with Gasteiger partial charge >= 0.3 is 29.6 Å². The Morgan fingerprint density at radius 3 is 2.08 bits per heavy atom. The summed E-state index contributed by atoms with van der Waals surface area (Å²) >= 11 is 0. The molecule has 0 aliphatic carbocycles. The number of rotatable bonds is 3. The van der Waals surface area contributed by atoms with Crippen LogP contribution in [0.4, 0.5) is 0 Å². The van der Waals surface area contributed by atoms with E-state index in [1.807, 2.05) is 0 Å². The molecule has 1 N–H and O–H groups in total. The Morgan fingerprint density at radius 1 is 1.42 bits per heavy atom. The minimum absolute atomic E-state index is 0. The molecule has 0 unspecified atom stereocenters. The van der Waals surface area contributed by atoms with Gasteiger partial charge in [-0.3, -0.25) is 4.55 Å². The topological polar surface area (TPSA) is 54.4 Å². The van der Waals surface area contributed by atoms with E-state index in [2.05, 4.69) is 20.8 Å². The maximum atomic E-state index is 10.3. The third-order valence-electron chi connectivity index (χ3n) is 1.33. The first-order valence-corrected chi connectivity index (χ1v) is 8.00. The van der Waals surface area contributed by atoms with Gasteiger partial charge < -0.3 is 1.43 Å². The summed E-state index contributed by atoms with van der Waals surface area (Å²) in [6.07, 6.45) is 0.874. The zero-order valence-corrected chi connectivity index (χ0v) is 12.5. The van der Waals surface area contributed by atoms with Crippen LogP contribution in [0.1, 0.15) is 28.6 Å². The van der Waals surface area contributed by atoms with Crippen molar-refractivity contribution in [3.05, 3.63) is 0 Å². The van der Waals surface area contributed by atoms with Crippen LogP contribution in [-0.2, 0) is 9.57 Å². The maximum Gasteiger partial charge on any atom is 1.00 e. The predicted octanol–water partition coefficient (Wildman–Crippen LogP) is -2.07. The molecule has 0 spiro atoms. The Balaban J connectivity index is -0.000000500. The summed E-state index contributed by atoms with van der Waals surface area (Å²) < 4.78 is 29.1. The second kappa shape index (κ2) is 5.77. The minimum Gasteiger partial charge on any atom is -1.00 e. The Labute approximate surface area is 100 Å². The van der Waals surface area contributed by atoms with Crippen LogP contribution in [-0.4, -0.2) is 21.6 Å². The fourth-order valence-electron chi connectivity index (χ4n) is 0.785. The van der Waals surface area contributed by atoms with Crippen LogP contribution in [0, 0.1) is 5.41 Å². The van der Waals surface area contributed by atoms with Crippen molar-refractivity contribution in [1.29, 1.82) is 0 Å². The van der Waals surface area contributed by atoms with Crippen LogP contribution in [0.3, 0.4) is 0 Å². The van der Waals surface area contributed by atoms with Gasteiger partial charge in [0, 0.05) is 0 Å². The van der Waals surface area contributed by atoms with Crippen molar-refractivity contribution in [2.24, 2.45) is 5.41 Å². The van der Waals surface area contributed by atoms with E-state index in [-0.39, 0.29) is 36.4 Å². The molecule has 0 aromatic heterocycles. The van der Waals surface area contributed by atoms with E-state index in [0.717, 1.165) is 6.42 Å². The van der Waals surface area contributed by atoms with E-state index < -0.39 is 18.2 Å². The molecule has 0 bridgehead atoms. The molecule has 0 fully saturated rings. The molecule has 0 amide bonds. The largest absolute Gasteiger partial charge is 1.00 e. The average Bonchev–Trinajstić information content (AvgIpc) is 1.55. The quantitative estimate of drug-likeness (QED) is 0.439. The molecule has 0 aliphatic heterocycles. The van der Waals surface area contributed by atoms with Crippen LogP contribution in [0.2, 0.25) is 6.04 Å². The third-order valence-corrected chi connectivity index (χ3v) is 4.90. The van der Waals surface area contributed by atoms with Crippen LogP contribution >= 0.6 is 0 Å². The summed E-state index contributed by atoms with van der Waals surface area (Å²) in [5.41, 5.74) is 0.178. The van der Waals surface area contributed by atoms with Gasteiger partial charge in [-0.2, -0.15) is 0 Å². The van der Waals surface area contributed by atoms with Crippen molar-refractivity contribution >= 4 is 18.2 Å². The van der Waals surface area contributed by atoms with Gasteiger partial charge in [-0.15, -0.1) is 0 Å². The van der Waals surface area contributed by atoms with Gasteiger partial charge in [0.1, 0.15) is 0 Å². The zero-order valence-electron chi connectivity index (χ0n) is 9.29. The molecular weight excluding hydrogens is 203 g/mol. The normalized spacial score (nSPS) is 13.3. The molecule has 0 rings (SSSR count). The predicted molar refractivity (Wildman–Crippen MR) is 50.1 cm³/mol. The van der Waals surface area contributed by atoms with Crippen molar-refractivity contribution in [2.75, 3.05) is 0 Å². The molecule has 0 radical (unpaired) electrons. The molecule has 12 heavy (non-hydrogen) atoms. The molecule has 3 nitrogen and oxygen atoms in total. The van der Waals surface area contributed by atoms with Crippen molar-refractivity contribution in [3.63, 3.8) is 0 Å². The number of hydrogen-bond donors (Lipinski definition) is 1. The van der Waals surface area contributed by atoms with Crippen molar-refractivity contribution in [2.45, 2.75) is 33.2 Å². The van der Waals surface area contributed by atoms with Gasteiger partial charge in [-0.1, -0.05) is 27.2 Å². The summed E-state index contributed by atoms with van der Waals surface area (Å²) in [4.78, 5) is 0. The fourth-order valence-corrected chi connectivity index (χ4v) is 3.88. The average molecular weight is 220 g/mol. The first-order chi connectivity index (χ1) is 4.71. The van der Waals surface area contributed by atoms with Gasteiger partial charge in [-0.05, 0) is 11.5 Å². The van der Waals surface area contributed by atoms with Gasteiger partial charge in [-0.25, -0.2) is 8.42 Å². The Morgan fingerprint density at radius 2 is 1.83 bits per heavy atom. The van der Waals surface area contributed by atoms with Crippen LogP contribution in [0.25, 0.3) is 0 Å². The van der Waals surface area contributed by atoms with Gasteiger partial charge in [0.05, 0.1) is 0 Å². The Kier molecular flexibility index (Phi) is 7.50. The smallest absolute Gasteiger partial charge is 1.00 e. The van der Waals surface area contributed by atoms with Crippen molar-refractivity contribution in [3.8, 4) is 0 Å². The molecule has 0 saturated heterocycles. The molecule has 6 heteroatoms. The van der Waals surface area contributed by atoms with Crippen molar-refractivity contribution < 1.29 is 44.0 Å². The second-order valence-electron chi connectivity index (χ2n) is 3.95. The fraction of sp³-hybridized carbons (Fsp3) is 1.00. The Bertz CT molecular complexity index is 212. The molecule has 0 aliphatic rings. The molecule has 0 atom stereocenters. The third kappa shape index (κ3) is 13.7. The Hall–Kier alpha value is 1.13. The number of hydrogen-bond acceptors (Lipinski definition) is 2. The van der Waals surface area contributed by atoms with E-state index in [9.17, 15) is 8.42 Å². The van der Waals surface area contributed by atoms with E-state index in [0.29, 0.717) is 6.04 Å². The van der Waals surface area contributed by atoms with Crippen LogP contribution in [0.5, 0.6) is 0 Å². The van der Waals surface area contributed by atoms with E-state index in [1.54, 1.807) is 0 Å². The molecule has 70 valence electrons. The van der Waals surface area contributed by atoms with Crippen LogP contribution < -0.4 is 29.6 Å². The van der Waals surface area contributed by atoms with E-state index in [4.69, 9.17) is 4.55 Å². The zero-order chi connectivity index (χ0) is 9.12. The summed E-state index contributed by atoms with van der Waals surface area (Å²) in [5.74, 6) is 0. The standard InChI is InChI=1S/C6H16O3SSi.Na.H/c1-6(2,3)4-5-11-10(7,8)9;;/h4-5,11H2,1-3H3,(H,7,8,9);;/q;+1;-1. The van der Waals surface area contributed by atoms with E-state index >= 15 is 0 Å². The summed E-state index contributed by atoms with van der Waals surface area (Å²) in [6.45, 7) is 6.18. The first kappa shape index (κ1) is 15.6. The van der Waals surface area contributed by atoms with Crippen LogP contribution in [0.15, 0.2) is 0 Å². The van der Waals surface area contributed by atoms with Gasteiger partial charge in [0.25, 0.3) is 0 Å². The molecular formula is C6H17NaO3SSi. The first-order valence-electron chi connectivity index (χ1n) is 3.66. The second-order valence-corrected chi connectivity index (χ2v) is 9.64. The molecule has 0 aromatic carbocycles.